The van der Waals surface area contributed by atoms with E-state index in [1.807, 2.05) is 36.4 Å². The quantitative estimate of drug-likeness (QED) is 0.142. The summed E-state index contributed by atoms with van der Waals surface area (Å²) < 4.78 is 34.5. The Bertz CT molecular complexity index is 2130. The van der Waals surface area contributed by atoms with E-state index < -0.39 is 74.8 Å². The molecular weight excluding hydrogens is 740 g/mol. The van der Waals surface area contributed by atoms with Crippen molar-refractivity contribution in [2.24, 2.45) is 0 Å². The molecular formula is C36H44N4O10PSSi+. The van der Waals surface area contributed by atoms with Gasteiger partial charge in [-0.05, 0) is 29.3 Å². The lowest BCUT2D eigenvalue weighted by Crippen LogP contribution is -2.67. The number of benzene rings is 2. The van der Waals surface area contributed by atoms with Crippen molar-refractivity contribution in [1.82, 2.24) is 19.1 Å². The van der Waals surface area contributed by atoms with Crippen LogP contribution in [0.2, 0.25) is 5.04 Å². The maximum atomic E-state index is 12.9. The van der Waals surface area contributed by atoms with Gasteiger partial charge in [0.15, 0.2) is 0 Å². The number of aliphatic hydroxyl groups excluding tert-OH is 1. The lowest BCUT2D eigenvalue weighted by atomic mass is 10.2. The normalized spacial score (nSPS) is 23.7. The van der Waals surface area contributed by atoms with Gasteiger partial charge >= 0.3 is 18.5 Å². The molecule has 0 bridgehead atoms. The monoisotopic (exact) mass is 783 g/mol. The molecule has 4 aromatic rings. The van der Waals surface area contributed by atoms with Crippen molar-refractivity contribution in [3.05, 3.63) is 126 Å². The molecule has 2 aromatic carbocycles. The summed E-state index contributed by atoms with van der Waals surface area (Å²) in [5.41, 5.74) is -1.56. The zero-order valence-corrected chi connectivity index (χ0v) is 32.8. The molecule has 0 spiro atoms. The Morgan fingerprint density at radius 1 is 0.811 bits per heavy atom. The molecule has 2 aliphatic heterocycles. The van der Waals surface area contributed by atoms with Crippen LogP contribution in [0.5, 0.6) is 0 Å². The predicted octanol–water partition coefficient (Wildman–Crippen LogP) is 2.39. The van der Waals surface area contributed by atoms with Gasteiger partial charge in [-0.15, -0.1) is 9.05 Å². The van der Waals surface area contributed by atoms with Crippen LogP contribution >= 0.6 is 7.15 Å². The van der Waals surface area contributed by atoms with Gasteiger partial charge in [-0.3, -0.25) is 28.7 Å². The molecule has 7 atom stereocenters. The minimum Gasteiger partial charge on any atom is -0.405 e. The Morgan fingerprint density at radius 3 is 1.81 bits per heavy atom. The molecule has 2 fully saturated rings. The van der Waals surface area contributed by atoms with E-state index in [4.69, 9.17) is 34.8 Å². The first-order valence-electron chi connectivity index (χ1n) is 17.3. The van der Waals surface area contributed by atoms with Crippen molar-refractivity contribution in [2.75, 3.05) is 13.2 Å². The Kier molecular flexibility index (Phi) is 11.7. The van der Waals surface area contributed by atoms with Gasteiger partial charge in [-0.2, -0.15) is 0 Å². The van der Waals surface area contributed by atoms with Crippen LogP contribution in [0.4, 0.5) is 0 Å². The van der Waals surface area contributed by atoms with Crippen molar-refractivity contribution < 1.29 is 28.1 Å². The highest BCUT2D eigenvalue weighted by Gasteiger charge is 2.52. The number of aliphatic hydroxyl groups is 1. The molecule has 282 valence electrons. The van der Waals surface area contributed by atoms with Crippen LogP contribution in [-0.4, -0.2) is 70.2 Å². The van der Waals surface area contributed by atoms with Gasteiger partial charge in [0.2, 0.25) is 11.8 Å². The predicted molar refractivity (Wildman–Crippen MR) is 204 cm³/mol. The average molecular weight is 784 g/mol. The van der Waals surface area contributed by atoms with Crippen LogP contribution in [0.15, 0.2) is 92.2 Å². The lowest BCUT2D eigenvalue weighted by Gasteiger charge is -2.43. The number of H-pyrrole nitrogens is 2. The number of nitrogens with one attached hydrogen (secondary N) is 2. The van der Waals surface area contributed by atoms with Crippen molar-refractivity contribution in [3.8, 4) is 0 Å². The van der Waals surface area contributed by atoms with E-state index in [1.54, 1.807) is 13.8 Å². The van der Waals surface area contributed by atoms with Crippen LogP contribution in [0, 0.1) is 13.8 Å². The number of nitrogens with zero attached hydrogens (tertiary/aromatic N) is 2. The molecule has 4 heterocycles. The number of aromatic nitrogens is 4. The van der Waals surface area contributed by atoms with Gasteiger partial charge in [0, 0.05) is 36.4 Å². The molecule has 2 saturated heterocycles. The van der Waals surface area contributed by atoms with E-state index in [9.17, 15) is 24.3 Å². The van der Waals surface area contributed by atoms with Crippen LogP contribution < -0.4 is 32.9 Å². The molecule has 0 amide bonds. The van der Waals surface area contributed by atoms with Crippen molar-refractivity contribution >= 4 is 37.6 Å². The highest BCUT2D eigenvalue weighted by Crippen LogP contribution is 2.41. The zero-order chi connectivity index (χ0) is 38.1. The standard InChI is InChI=1S/C36H43N4O10PSSi/c1-22-18-39(34(44)37-32(22)42)30-16-26(41)28(48-30)20-46-51(52)50-27-17-31(40-19-23(2)33(43)38-35(40)45)49-29(27)21-47-53(36(3,4)5,24-12-8-6-9-13-24)25-14-10-7-11-15-25/h6-15,18-19,26-31,41H,16-17,20-21H2,1-5H3,(H-,37,38,42,43,44,45)/p+1/t26-,27-,28+,29+,30+,31+/m0/s1. The summed E-state index contributed by atoms with van der Waals surface area (Å²) in [4.78, 5) is 54.0. The number of aromatic amines is 2. The second kappa shape index (κ2) is 16.0. The molecule has 0 radical (unpaired) electrons. The molecule has 6 rings (SSSR count). The Balaban J connectivity index is 1.23. The molecule has 1 unspecified atom stereocenters. The topological polar surface area (TPSA) is 176 Å². The zero-order valence-electron chi connectivity index (χ0n) is 30.1. The number of hydrogen-bond acceptors (Lipinski definition) is 11. The third-order valence-corrected chi connectivity index (χ3v) is 16.1. The van der Waals surface area contributed by atoms with E-state index in [0.29, 0.717) is 11.1 Å². The number of hydrogen-bond donors (Lipinski definition) is 3. The number of ether oxygens (including phenoxy) is 2. The molecule has 17 heteroatoms. The van der Waals surface area contributed by atoms with E-state index >= 15 is 0 Å². The van der Waals surface area contributed by atoms with E-state index in [1.165, 1.54) is 21.5 Å². The Labute approximate surface area is 312 Å². The summed E-state index contributed by atoms with van der Waals surface area (Å²) in [6.07, 6.45) is -1.60. The third kappa shape index (κ3) is 8.21. The first kappa shape index (κ1) is 39.0. The van der Waals surface area contributed by atoms with Crippen LogP contribution in [0.25, 0.3) is 0 Å². The molecule has 3 N–H and O–H groups in total. The number of aryl methyl sites for hydroxylation is 2. The molecule has 0 aliphatic carbocycles. The fourth-order valence-electron chi connectivity index (χ4n) is 7.01. The van der Waals surface area contributed by atoms with Crippen LogP contribution in [-0.2, 0) is 34.8 Å². The average Bonchev–Trinajstić information content (AvgIpc) is 3.69. The summed E-state index contributed by atoms with van der Waals surface area (Å²) in [7, 11) is -4.98. The van der Waals surface area contributed by atoms with Crippen LogP contribution in [0.1, 0.15) is 57.2 Å². The van der Waals surface area contributed by atoms with Crippen molar-refractivity contribution in [1.29, 1.82) is 0 Å². The maximum Gasteiger partial charge on any atom is 0.522 e. The molecule has 0 saturated carbocycles. The summed E-state index contributed by atoms with van der Waals surface area (Å²) in [6, 6.07) is 20.3. The second-order valence-electron chi connectivity index (χ2n) is 14.4. The molecule has 14 nitrogen and oxygen atoms in total. The fourth-order valence-corrected chi connectivity index (χ4v) is 12.9. The highest BCUT2D eigenvalue weighted by molar-refractivity contribution is 8.00. The summed E-state index contributed by atoms with van der Waals surface area (Å²) in [5.74, 6) is 0. The van der Waals surface area contributed by atoms with E-state index in [0.717, 1.165) is 10.4 Å². The van der Waals surface area contributed by atoms with Gasteiger partial charge in [-0.25, -0.2) is 9.59 Å². The van der Waals surface area contributed by atoms with Crippen molar-refractivity contribution in [3.63, 3.8) is 0 Å². The largest absolute Gasteiger partial charge is 0.522 e. The maximum absolute atomic E-state index is 12.9. The van der Waals surface area contributed by atoms with Gasteiger partial charge < -0.3 is 19.0 Å². The van der Waals surface area contributed by atoms with Crippen molar-refractivity contribution in [2.45, 2.75) is 89.4 Å². The minimum atomic E-state index is -2.99. The Hall–Kier alpha value is -3.70. The van der Waals surface area contributed by atoms with E-state index in [-0.39, 0.29) is 31.1 Å². The van der Waals surface area contributed by atoms with Crippen LogP contribution in [0.3, 0.4) is 0 Å². The van der Waals surface area contributed by atoms with E-state index in [2.05, 4.69) is 55.0 Å². The second-order valence-corrected chi connectivity index (χ2v) is 20.5. The summed E-state index contributed by atoms with van der Waals surface area (Å²) in [5, 5.41) is 12.6. The number of rotatable bonds is 12. The highest BCUT2D eigenvalue weighted by atomic mass is 32.4. The Morgan fingerprint density at radius 2 is 1.30 bits per heavy atom. The molecule has 2 aliphatic rings. The fraction of sp³-hybridized carbons (Fsp3) is 0.444. The van der Waals surface area contributed by atoms with Gasteiger partial charge in [0.25, 0.3) is 19.4 Å². The van der Waals surface area contributed by atoms with Gasteiger partial charge in [0.1, 0.15) is 37.4 Å². The van der Waals surface area contributed by atoms with Gasteiger partial charge in [-0.1, -0.05) is 81.4 Å². The smallest absolute Gasteiger partial charge is 0.405 e. The SMILES string of the molecule is Cc1cn([C@H]2C[C@H](O[P+](=S)OC[C@H]3O[C@@H](n4cc(C)c(=O)[nH]c4=O)C[C@@H]3O)[C@@H](CO[Si](c3ccccc3)(c3ccccc3)C(C)(C)C)O2)c(=O)[nH]c1=O. The first-order valence-corrected chi connectivity index (χ1v) is 21.4. The first-order chi connectivity index (χ1) is 25.2. The summed E-state index contributed by atoms with van der Waals surface area (Å²) in [6.45, 7) is 9.67. The third-order valence-electron chi connectivity index (χ3n) is 9.74. The molecule has 2 aromatic heterocycles. The summed E-state index contributed by atoms with van der Waals surface area (Å²) >= 11 is 5.65. The lowest BCUT2D eigenvalue weighted by molar-refractivity contribution is -0.0465. The van der Waals surface area contributed by atoms with Gasteiger partial charge in [0.05, 0.1) is 12.7 Å². The molecule has 53 heavy (non-hydrogen) atoms. The minimum absolute atomic E-state index is 0.1000.